The van der Waals surface area contributed by atoms with Crippen molar-refractivity contribution < 1.29 is 9.59 Å². The van der Waals surface area contributed by atoms with Crippen LogP contribution in [-0.2, 0) is 4.79 Å². The zero-order chi connectivity index (χ0) is 16.5. The summed E-state index contributed by atoms with van der Waals surface area (Å²) in [6.07, 6.45) is 5.82. The third-order valence-corrected chi connectivity index (χ3v) is 3.85. The molecule has 0 radical (unpaired) electrons. The molecule has 3 N–H and O–H groups in total. The van der Waals surface area contributed by atoms with E-state index in [-0.39, 0.29) is 30.9 Å². The lowest BCUT2D eigenvalue weighted by Gasteiger charge is -2.22. The molecule has 0 spiro atoms. The molecule has 23 heavy (non-hydrogen) atoms. The summed E-state index contributed by atoms with van der Waals surface area (Å²) in [5.41, 5.74) is 1.08. The van der Waals surface area contributed by atoms with Gasteiger partial charge in [-0.1, -0.05) is 25.3 Å². The Hall–Kier alpha value is -2.55. The lowest BCUT2D eigenvalue weighted by molar-refractivity contribution is -0.116. The van der Waals surface area contributed by atoms with E-state index in [9.17, 15) is 9.59 Å². The molecule has 0 aliphatic heterocycles. The van der Waals surface area contributed by atoms with E-state index >= 15 is 0 Å². The summed E-state index contributed by atoms with van der Waals surface area (Å²) < 4.78 is 0. The van der Waals surface area contributed by atoms with Gasteiger partial charge in [0.05, 0.1) is 11.6 Å². The lowest BCUT2D eigenvalue weighted by Crippen LogP contribution is -2.43. The van der Waals surface area contributed by atoms with Crippen LogP contribution in [0.2, 0.25) is 0 Å². The molecule has 1 aromatic carbocycles. The van der Waals surface area contributed by atoms with Crippen molar-refractivity contribution in [3.8, 4) is 6.07 Å². The molecule has 2 rings (SSSR count). The number of nitrogens with zero attached hydrogens (tertiary/aromatic N) is 1. The van der Waals surface area contributed by atoms with Crippen LogP contribution in [0.3, 0.4) is 0 Å². The number of rotatable bonds is 5. The largest absolute Gasteiger partial charge is 0.338 e. The van der Waals surface area contributed by atoms with Crippen LogP contribution in [0.4, 0.5) is 10.5 Å². The summed E-state index contributed by atoms with van der Waals surface area (Å²) in [5.74, 6) is -0.196. The number of nitriles is 1. The van der Waals surface area contributed by atoms with Gasteiger partial charge in [0.25, 0.3) is 0 Å². The maximum Gasteiger partial charge on any atom is 0.315 e. The van der Waals surface area contributed by atoms with E-state index in [0.29, 0.717) is 11.3 Å². The Balaban J connectivity index is 1.66. The van der Waals surface area contributed by atoms with E-state index in [1.54, 1.807) is 24.3 Å². The number of carbonyl (C=O) groups is 2. The van der Waals surface area contributed by atoms with Crippen LogP contribution in [0, 0.1) is 11.3 Å². The van der Waals surface area contributed by atoms with Gasteiger partial charge in [0.1, 0.15) is 0 Å². The summed E-state index contributed by atoms with van der Waals surface area (Å²) in [4.78, 5) is 23.6. The minimum Gasteiger partial charge on any atom is -0.338 e. The first-order valence-corrected chi connectivity index (χ1v) is 8.02. The summed E-state index contributed by atoms with van der Waals surface area (Å²) in [6, 6.07) is 8.79. The Kier molecular flexibility index (Phi) is 6.42. The van der Waals surface area contributed by atoms with Crippen LogP contribution in [-0.4, -0.2) is 24.5 Å². The Morgan fingerprint density at radius 2 is 2.00 bits per heavy atom. The number of urea groups is 1. The Morgan fingerprint density at radius 1 is 1.22 bits per heavy atom. The van der Waals surface area contributed by atoms with Crippen LogP contribution in [0.1, 0.15) is 44.1 Å². The predicted molar refractivity (Wildman–Crippen MR) is 87.8 cm³/mol. The third-order valence-electron chi connectivity index (χ3n) is 3.85. The molecule has 1 aliphatic rings. The average Bonchev–Trinajstić information content (AvgIpc) is 2.56. The van der Waals surface area contributed by atoms with Gasteiger partial charge in [-0.3, -0.25) is 4.79 Å². The first-order chi connectivity index (χ1) is 11.2. The van der Waals surface area contributed by atoms with Crippen LogP contribution in [0.15, 0.2) is 24.3 Å². The van der Waals surface area contributed by atoms with Gasteiger partial charge in [0.15, 0.2) is 0 Å². The lowest BCUT2D eigenvalue weighted by atomic mass is 9.96. The molecule has 0 aromatic heterocycles. The van der Waals surface area contributed by atoms with Gasteiger partial charge < -0.3 is 16.0 Å². The monoisotopic (exact) mass is 314 g/mol. The highest BCUT2D eigenvalue weighted by Crippen LogP contribution is 2.17. The normalized spacial score (nSPS) is 14.6. The second-order valence-corrected chi connectivity index (χ2v) is 5.73. The summed E-state index contributed by atoms with van der Waals surface area (Å²) >= 11 is 0. The van der Waals surface area contributed by atoms with Crippen LogP contribution >= 0.6 is 0 Å². The first-order valence-electron chi connectivity index (χ1n) is 8.02. The van der Waals surface area contributed by atoms with Crippen molar-refractivity contribution in [3.05, 3.63) is 29.8 Å². The number of anilines is 1. The predicted octanol–water partition coefficient (Wildman–Crippen LogP) is 2.52. The standard InChI is InChI=1S/C17H22N4O2/c18-12-13-5-4-8-15(11-13)20-16(22)9-10-19-17(23)21-14-6-2-1-3-7-14/h4-5,8,11,14H,1-3,6-7,9-10H2,(H,20,22)(H2,19,21,23). The topological polar surface area (TPSA) is 94.0 Å². The number of amides is 3. The molecule has 1 fully saturated rings. The number of hydrogen-bond acceptors (Lipinski definition) is 3. The molecule has 0 unspecified atom stereocenters. The van der Waals surface area contributed by atoms with E-state index < -0.39 is 0 Å². The van der Waals surface area contributed by atoms with Gasteiger partial charge in [0.2, 0.25) is 5.91 Å². The summed E-state index contributed by atoms with van der Waals surface area (Å²) in [5, 5.41) is 17.2. The molecule has 1 saturated carbocycles. The van der Waals surface area contributed by atoms with E-state index in [4.69, 9.17) is 5.26 Å². The van der Waals surface area contributed by atoms with Crippen molar-refractivity contribution in [2.75, 3.05) is 11.9 Å². The molecule has 3 amide bonds. The van der Waals surface area contributed by atoms with E-state index in [1.165, 1.54) is 6.42 Å². The van der Waals surface area contributed by atoms with Crippen molar-refractivity contribution in [1.29, 1.82) is 5.26 Å². The first kappa shape index (κ1) is 16.8. The molecule has 1 aromatic rings. The zero-order valence-electron chi connectivity index (χ0n) is 13.1. The Labute approximate surface area is 136 Å². The van der Waals surface area contributed by atoms with E-state index in [2.05, 4.69) is 16.0 Å². The number of benzene rings is 1. The minimum atomic E-state index is -0.212. The molecule has 0 bridgehead atoms. The quantitative estimate of drug-likeness (QED) is 0.779. The second-order valence-electron chi connectivity index (χ2n) is 5.73. The molecule has 0 heterocycles. The van der Waals surface area contributed by atoms with Gasteiger partial charge in [0, 0.05) is 24.7 Å². The molecule has 0 atom stereocenters. The van der Waals surface area contributed by atoms with Crippen molar-refractivity contribution >= 4 is 17.6 Å². The number of nitrogens with one attached hydrogen (secondary N) is 3. The summed E-state index contributed by atoms with van der Waals surface area (Å²) in [7, 11) is 0. The van der Waals surface area contributed by atoms with Gasteiger partial charge >= 0.3 is 6.03 Å². The van der Waals surface area contributed by atoms with Gasteiger partial charge in [-0.25, -0.2) is 4.79 Å². The van der Waals surface area contributed by atoms with Crippen LogP contribution in [0.5, 0.6) is 0 Å². The smallest absolute Gasteiger partial charge is 0.315 e. The van der Waals surface area contributed by atoms with Crippen molar-refractivity contribution in [2.45, 2.75) is 44.6 Å². The highest BCUT2D eigenvalue weighted by atomic mass is 16.2. The molecule has 122 valence electrons. The zero-order valence-corrected chi connectivity index (χ0v) is 13.1. The highest BCUT2D eigenvalue weighted by Gasteiger charge is 2.15. The molecule has 6 heteroatoms. The summed E-state index contributed by atoms with van der Waals surface area (Å²) in [6.45, 7) is 0.280. The molecule has 6 nitrogen and oxygen atoms in total. The van der Waals surface area contributed by atoms with Crippen molar-refractivity contribution in [1.82, 2.24) is 10.6 Å². The van der Waals surface area contributed by atoms with Crippen molar-refractivity contribution in [2.24, 2.45) is 0 Å². The van der Waals surface area contributed by atoms with Crippen LogP contribution < -0.4 is 16.0 Å². The highest BCUT2D eigenvalue weighted by molar-refractivity contribution is 5.91. The second kappa shape index (κ2) is 8.79. The minimum absolute atomic E-state index is 0.189. The van der Waals surface area contributed by atoms with Gasteiger partial charge in [-0.2, -0.15) is 5.26 Å². The number of hydrogen-bond donors (Lipinski definition) is 3. The maximum absolute atomic E-state index is 11.8. The van der Waals surface area contributed by atoms with Crippen molar-refractivity contribution in [3.63, 3.8) is 0 Å². The Morgan fingerprint density at radius 3 is 2.74 bits per heavy atom. The Bertz CT molecular complexity index is 589. The molecular formula is C17H22N4O2. The molecule has 1 aliphatic carbocycles. The third kappa shape index (κ3) is 5.99. The maximum atomic E-state index is 11.8. The van der Waals surface area contributed by atoms with Gasteiger partial charge in [-0.05, 0) is 31.0 Å². The fourth-order valence-electron chi connectivity index (χ4n) is 2.66. The average molecular weight is 314 g/mol. The molecule has 0 saturated heterocycles. The fourth-order valence-corrected chi connectivity index (χ4v) is 2.66. The van der Waals surface area contributed by atoms with Gasteiger partial charge in [-0.15, -0.1) is 0 Å². The number of carbonyl (C=O) groups excluding carboxylic acids is 2. The molecular weight excluding hydrogens is 292 g/mol. The fraction of sp³-hybridized carbons (Fsp3) is 0.471. The van der Waals surface area contributed by atoms with E-state index in [0.717, 1.165) is 25.7 Å². The van der Waals surface area contributed by atoms with E-state index in [1.807, 2.05) is 6.07 Å². The SMILES string of the molecule is N#Cc1cccc(NC(=O)CCNC(=O)NC2CCCCC2)c1. The van der Waals surface area contributed by atoms with Crippen LogP contribution in [0.25, 0.3) is 0 Å².